The van der Waals surface area contributed by atoms with Gasteiger partial charge in [0.05, 0.1) is 136 Å². The maximum atomic E-state index is 12.8. The number of carbonyl (C=O) groups excluding carboxylic acids is 5. The quantitative estimate of drug-likeness (QED) is 0.00485. The van der Waals surface area contributed by atoms with Crippen molar-refractivity contribution in [2.75, 3.05) is 162 Å². The minimum atomic E-state index is -1.08. The molecule has 2 aromatic heterocycles. The number of carbonyl (C=O) groups is 5. The van der Waals surface area contributed by atoms with Crippen molar-refractivity contribution in [2.24, 2.45) is 30.4 Å². The van der Waals surface area contributed by atoms with E-state index in [0.717, 1.165) is 11.0 Å². The predicted octanol–water partition coefficient (Wildman–Crippen LogP) is 12.7. The Balaban J connectivity index is 0.000000195. The van der Waals surface area contributed by atoms with Crippen LogP contribution in [0.2, 0.25) is 30.1 Å². The first kappa shape index (κ1) is 108. The molecule has 139 heavy (non-hydrogen) atoms. The highest BCUT2D eigenvalue weighted by atomic mass is 79.9. The topological polar surface area (TPSA) is 680 Å². The Labute approximate surface area is 831 Å². The zero-order valence-electron chi connectivity index (χ0n) is 73.0. The molecule has 13 rings (SSSR count). The van der Waals surface area contributed by atoms with E-state index < -0.39 is 67.9 Å². The fourth-order valence-corrected chi connectivity index (χ4v) is 14.9. The molecule has 62 heteroatoms. The van der Waals surface area contributed by atoms with Gasteiger partial charge in [-0.1, -0.05) is 81.7 Å². The highest BCUT2D eigenvalue weighted by Gasteiger charge is 2.38. The number of ether oxygens (including phenoxy) is 7. The number of nitrogens with two attached hydrogens (primary N) is 3. The Kier molecular flexibility index (Phi) is 40.9. The third kappa shape index (κ3) is 33.4. The largest absolute Gasteiger partial charge is 0.510 e. The van der Waals surface area contributed by atoms with E-state index in [-0.39, 0.29) is 71.9 Å². The zero-order chi connectivity index (χ0) is 101. The van der Waals surface area contributed by atoms with Gasteiger partial charge in [-0.05, 0) is 138 Å². The maximum absolute atomic E-state index is 12.8. The first-order chi connectivity index (χ1) is 66.2. The summed E-state index contributed by atoms with van der Waals surface area (Å²) in [6.45, 7) is 8.63. The van der Waals surface area contributed by atoms with Crippen molar-refractivity contribution in [2.45, 2.75) is 53.2 Å². The van der Waals surface area contributed by atoms with Gasteiger partial charge in [0.15, 0.2) is 19.2 Å². The van der Waals surface area contributed by atoms with E-state index in [1.165, 1.54) is 34.1 Å². The predicted molar refractivity (Wildman–Crippen MR) is 511 cm³/mol. The van der Waals surface area contributed by atoms with E-state index in [0.29, 0.717) is 202 Å². The fourth-order valence-electron chi connectivity index (χ4n) is 12.0. The number of aliphatic imine (C=N–C) groups is 5. The molecule has 0 saturated carbocycles. The molecule has 0 radical (unpaired) electrons. The maximum Gasteiger partial charge on any atom is 0.510 e. The standard InChI is InChI=1S/C19H15BrN6O5.C16H17BrN6O4.C15H19Cl2N5O6.C14H17Cl2N5O6.C13H15Cl2N5O6/c20-16-14(5-6-15-17(16)22-8-7-21-15)24-18-23-9-10-25(18)19(27)31-13-3-1-12(2-4-13)11-30-26(28)29;1-16(2,9-27-23(25)26)14(24)22-8-7-20-15(22)21-10-3-4-11-13(12(10)17)19-6-5-18-11;1-9(28-15(23)26-5-2-6-27-22(24)25)21-4-3-19-14(21)20-13-11(16)7-10(18)8-12(13)17;1-8(27-14(22)25-4-5-26-21(23)24)20-3-2-18-13(20)19-12-10(15)6-9(17)7-11(12)16;14-9-5-8(16)6-10(15)11(9)18-12-17-1-2-19(12)7-25-13(21)24-3-4-26-20(22)23/h1-8H,9-11H2,(H,23,24);3-6H,7-9H2,1-2H3,(H,20,21);7-9H,2-6,18H2,1H3,(H,19,20);6-8H,2-5,17H2,1H3,(H,18,19);5-6H,1-4,7,16H2,(H,17,18). The molecule has 744 valence electrons. The van der Waals surface area contributed by atoms with Gasteiger partial charge < -0.3 is 116 Å². The molecule has 2 unspecified atom stereocenters. The smallest absolute Gasteiger partial charge is 0.434 e. The van der Waals surface area contributed by atoms with E-state index in [1.807, 2.05) is 24.3 Å². The van der Waals surface area contributed by atoms with Gasteiger partial charge in [-0.15, -0.1) is 50.6 Å². The molecule has 5 aliphatic heterocycles. The number of rotatable bonds is 32. The van der Waals surface area contributed by atoms with E-state index in [4.69, 9.17) is 115 Å². The molecule has 8 aromatic rings. The summed E-state index contributed by atoms with van der Waals surface area (Å²) in [5, 5.41) is 63.2. The van der Waals surface area contributed by atoms with Crippen molar-refractivity contribution in [3.8, 4) is 5.75 Å². The Bertz CT molecular complexity index is 5890. The number of nitrogen functional groups attached to an aromatic ring is 3. The highest BCUT2D eigenvalue weighted by molar-refractivity contribution is 9.11. The number of guanidine groups is 5. The van der Waals surface area contributed by atoms with Crippen molar-refractivity contribution in [1.82, 2.24) is 44.4 Å². The molecule has 2 amide bonds. The van der Waals surface area contributed by atoms with Gasteiger partial charge in [0.1, 0.15) is 56.4 Å². The van der Waals surface area contributed by atoms with Crippen molar-refractivity contribution < 1.29 is 107 Å². The lowest BCUT2D eigenvalue weighted by molar-refractivity contribution is -0.763. The van der Waals surface area contributed by atoms with E-state index in [2.05, 4.69) is 132 Å². The molecule has 2 atom stereocenters. The van der Waals surface area contributed by atoms with Crippen LogP contribution in [-0.2, 0) is 64.0 Å². The molecule has 0 fully saturated rings. The summed E-state index contributed by atoms with van der Waals surface area (Å²) in [5.41, 5.74) is 23.3. The molecule has 0 saturated heterocycles. The summed E-state index contributed by atoms with van der Waals surface area (Å²) in [6.07, 6.45) is 1.66. The second kappa shape index (κ2) is 52.6. The lowest BCUT2D eigenvalue weighted by Crippen LogP contribution is -2.47. The van der Waals surface area contributed by atoms with Crippen molar-refractivity contribution in [1.29, 1.82) is 0 Å². The second-order valence-corrected chi connectivity index (χ2v) is 32.6. The van der Waals surface area contributed by atoms with Crippen LogP contribution in [0.4, 0.5) is 64.7 Å². The first-order valence-electron chi connectivity index (χ1n) is 40.3. The number of fused-ring (bicyclic) bond motifs is 2. The number of anilines is 8. The van der Waals surface area contributed by atoms with Gasteiger partial charge >= 0.3 is 24.6 Å². The number of nitrogens with zero attached hydrogens (tertiary/aromatic N) is 19. The third-order valence-corrected chi connectivity index (χ3v) is 21.8. The number of hydrogen-bond acceptors (Lipinski definition) is 47. The molecule has 5 aliphatic rings. The molecule has 7 heterocycles. The number of amides is 2. The molecular weight excluding hydrogens is 2110 g/mol. The average molecular weight is 2190 g/mol. The highest BCUT2D eigenvalue weighted by Crippen LogP contribution is 2.38. The fraction of sp³-hybridized carbons (Fsp3) is 0.351. The van der Waals surface area contributed by atoms with E-state index >= 15 is 0 Å². The zero-order valence-corrected chi connectivity index (χ0v) is 80.7. The molecule has 0 bridgehead atoms. The first-order valence-corrected chi connectivity index (χ1v) is 44.2. The van der Waals surface area contributed by atoms with Gasteiger partial charge in [0, 0.05) is 74.4 Å². The van der Waals surface area contributed by atoms with Crippen LogP contribution in [0.5, 0.6) is 5.75 Å². The molecule has 54 nitrogen and oxygen atoms in total. The van der Waals surface area contributed by atoms with Crippen LogP contribution in [0, 0.1) is 56.0 Å². The van der Waals surface area contributed by atoms with Crippen molar-refractivity contribution in [3.63, 3.8) is 0 Å². The van der Waals surface area contributed by atoms with Gasteiger partial charge in [0.2, 0.25) is 35.7 Å². The summed E-state index contributed by atoms with van der Waals surface area (Å²) in [6, 6.07) is 22.8. The lowest BCUT2D eigenvalue weighted by Gasteiger charge is -2.29. The Morgan fingerprint density at radius 3 is 1.28 bits per heavy atom. The minimum absolute atomic E-state index is 0.0742. The second-order valence-electron chi connectivity index (χ2n) is 28.6. The third-order valence-electron chi connectivity index (χ3n) is 18.4. The van der Waals surface area contributed by atoms with Crippen LogP contribution >= 0.6 is 101 Å². The SMILES string of the molecule is CC(C)(CO[N+](=O)[O-])C(=O)N1CCN=C1Nc1ccc2nccnc2c1Br.CC(OC(=O)OCCCO[N+](=O)[O-])N1CCN=C1Nc1c(Cl)cc(N)cc1Cl.CC(OC(=O)OCCO[N+](=O)[O-])N1CCN=C1Nc1c(Cl)cc(N)cc1Cl.Nc1cc(Cl)c(NC2=NCCN2COC(=O)OCCO[N+](=O)[O-])c(Cl)c1.O=C(Oc1ccc(CO[N+](=O)[O-])cc1)N1CCN=C1Nc1ccc2nccnc2c1Br. The molecular formula is C77H83Br2Cl6N27O27. The summed E-state index contributed by atoms with van der Waals surface area (Å²) >= 11 is 43.9. The number of hydrogen-bond donors (Lipinski definition) is 8. The van der Waals surface area contributed by atoms with Crippen LogP contribution in [0.3, 0.4) is 0 Å². The van der Waals surface area contributed by atoms with Crippen LogP contribution in [0.1, 0.15) is 39.7 Å². The van der Waals surface area contributed by atoms with Crippen LogP contribution in [-0.4, -0.2) is 261 Å². The molecule has 0 aliphatic carbocycles. The van der Waals surface area contributed by atoms with Crippen LogP contribution in [0.15, 0.2) is 144 Å². The monoisotopic (exact) mass is 2190 g/mol. The number of aromatic nitrogens is 4. The minimum Gasteiger partial charge on any atom is -0.434 e. The number of halogens is 8. The van der Waals surface area contributed by atoms with Crippen molar-refractivity contribution in [3.05, 3.63) is 205 Å². The number of nitrogens with one attached hydrogen (secondary N) is 5. The van der Waals surface area contributed by atoms with Crippen molar-refractivity contribution >= 4 is 229 Å². The average Bonchev–Trinajstić information content (AvgIpc) is 1.75. The summed E-state index contributed by atoms with van der Waals surface area (Å²) in [7, 11) is 0. The van der Waals surface area contributed by atoms with Crippen LogP contribution in [0.25, 0.3) is 22.1 Å². The van der Waals surface area contributed by atoms with Gasteiger partial charge in [-0.25, -0.2) is 24.1 Å². The van der Waals surface area contributed by atoms with Gasteiger partial charge in [-0.3, -0.25) is 54.6 Å². The molecule has 11 N–H and O–H groups in total. The summed E-state index contributed by atoms with van der Waals surface area (Å²) < 4.78 is 36.2. The molecule has 0 spiro atoms. The Morgan fingerprint density at radius 2 is 0.827 bits per heavy atom. The van der Waals surface area contributed by atoms with Gasteiger partial charge in [-0.2, -0.15) is 0 Å². The van der Waals surface area contributed by atoms with Gasteiger partial charge in [0.25, 0.3) is 25.4 Å². The molecule has 6 aromatic carbocycles. The van der Waals surface area contributed by atoms with E-state index in [9.17, 15) is 74.5 Å². The normalized spacial score (nSPS) is 13.8. The lowest BCUT2D eigenvalue weighted by atomic mass is 9.93. The number of benzene rings is 6. The summed E-state index contributed by atoms with van der Waals surface area (Å²) in [4.78, 5) is 178. The summed E-state index contributed by atoms with van der Waals surface area (Å²) in [5.74, 6) is 1.94. The van der Waals surface area contributed by atoms with Crippen LogP contribution < -0.4 is 48.5 Å². The Hall–Kier alpha value is -14.6. The van der Waals surface area contributed by atoms with E-state index in [1.54, 1.807) is 104 Å². The Morgan fingerprint density at radius 1 is 0.446 bits per heavy atom.